The highest BCUT2D eigenvalue weighted by Crippen LogP contribution is 2.23. The van der Waals surface area contributed by atoms with Gasteiger partial charge in [0.05, 0.1) is 5.69 Å². The van der Waals surface area contributed by atoms with Crippen LogP contribution in [-0.4, -0.2) is 20.9 Å². The standard InChI is InChI=1S/C16H14N4OS/c21-15(20-14-5-1-2-9-18-14)7-6-13-11-22-16(19-13)12-4-3-8-17-10-12/h1-5,8-11H,6-7H2,(H,18,20,21). The lowest BCUT2D eigenvalue weighted by Gasteiger charge is -2.02. The number of nitrogens with one attached hydrogen (secondary N) is 1. The van der Waals surface area contributed by atoms with Crippen molar-refractivity contribution in [3.63, 3.8) is 0 Å². The molecule has 0 aliphatic heterocycles. The summed E-state index contributed by atoms with van der Waals surface area (Å²) in [5.74, 6) is 0.511. The fourth-order valence-corrected chi connectivity index (χ4v) is 2.77. The molecule has 0 aliphatic rings. The lowest BCUT2D eigenvalue weighted by Crippen LogP contribution is -2.13. The van der Waals surface area contributed by atoms with Crippen molar-refractivity contribution in [1.82, 2.24) is 15.0 Å². The van der Waals surface area contributed by atoms with Gasteiger partial charge < -0.3 is 5.32 Å². The zero-order valence-corrected chi connectivity index (χ0v) is 12.6. The van der Waals surface area contributed by atoms with Crippen molar-refractivity contribution >= 4 is 23.1 Å². The molecule has 0 saturated heterocycles. The highest BCUT2D eigenvalue weighted by atomic mass is 32.1. The first kappa shape index (κ1) is 14.3. The number of hydrogen-bond donors (Lipinski definition) is 1. The highest BCUT2D eigenvalue weighted by molar-refractivity contribution is 7.13. The molecule has 0 fully saturated rings. The number of aryl methyl sites for hydroxylation is 1. The summed E-state index contributed by atoms with van der Waals surface area (Å²) >= 11 is 1.56. The number of carbonyl (C=O) groups is 1. The molecule has 0 saturated carbocycles. The smallest absolute Gasteiger partial charge is 0.225 e. The Morgan fingerprint density at radius 1 is 1.18 bits per heavy atom. The van der Waals surface area contributed by atoms with Gasteiger partial charge in [0.1, 0.15) is 10.8 Å². The number of nitrogens with zero attached hydrogens (tertiary/aromatic N) is 3. The summed E-state index contributed by atoms with van der Waals surface area (Å²) in [5, 5.41) is 5.67. The van der Waals surface area contributed by atoms with Crippen molar-refractivity contribution in [2.24, 2.45) is 0 Å². The van der Waals surface area contributed by atoms with E-state index in [0.29, 0.717) is 18.7 Å². The predicted octanol–water partition coefficient (Wildman–Crippen LogP) is 3.17. The molecule has 6 heteroatoms. The minimum absolute atomic E-state index is 0.0605. The lowest BCUT2D eigenvalue weighted by molar-refractivity contribution is -0.116. The van der Waals surface area contributed by atoms with E-state index in [1.165, 1.54) is 0 Å². The van der Waals surface area contributed by atoms with Gasteiger partial charge in [-0.25, -0.2) is 9.97 Å². The molecule has 0 aliphatic carbocycles. The summed E-state index contributed by atoms with van der Waals surface area (Å²) in [4.78, 5) is 24.6. The van der Waals surface area contributed by atoms with Gasteiger partial charge in [-0.1, -0.05) is 6.07 Å². The quantitative estimate of drug-likeness (QED) is 0.786. The molecule has 110 valence electrons. The normalized spacial score (nSPS) is 10.4. The molecular weight excluding hydrogens is 296 g/mol. The summed E-state index contributed by atoms with van der Waals surface area (Å²) in [6.45, 7) is 0. The van der Waals surface area contributed by atoms with Gasteiger partial charge in [-0.2, -0.15) is 0 Å². The van der Waals surface area contributed by atoms with Crippen molar-refractivity contribution < 1.29 is 4.79 Å². The zero-order valence-electron chi connectivity index (χ0n) is 11.8. The van der Waals surface area contributed by atoms with E-state index in [0.717, 1.165) is 16.3 Å². The van der Waals surface area contributed by atoms with Crippen LogP contribution >= 0.6 is 11.3 Å². The fourth-order valence-electron chi connectivity index (χ4n) is 1.93. The molecule has 3 heterocycles. The van der Waals surface area contributed by atoms with Crippen LogP contribution < -0.4 is 5.32 Å². The molecule has 0 atom stereocenters. The monoisotopic (exact) mass is 310 g/mol. The number of anilines is 1. The summed E-state index contributed by atoms with van der Waals surface area (Å²) in [6, 6.07) is 9.27. The van der Waals surface area contributed by atoms with E-state index < -0.39 is 0 Å². The SMILES string of the molecule is O=C(CCc1csc(-c2cccnc2)n1)Nc1ccccn1. The minimum atomic E-state index is -0.0605. The molecule has 0 bridgehead atoms. The van der Waals surface area contributed by atoms with Crippen LogP contribution in [0.4, 0.5) is 5.82 Å². The number of carbonyl (C=O) groups excluding carboxylic acids is 1. The van der Waals surface area contributed by atoms with E-state index in [9.17, 15) is 4.79 Å². The van der Waals surface area contributed by atoms with Crippen molar-refractivity contribution in [3.8, 4) is 10.6 Å². The van der Waals surface area contributed by atoms with Gasteiger partial charge in [-0.3, -0.25) is 9.78 Å². The van der Waals surface area contributed by atoms with Gasteiger partial charge in [0.15, 0.2) is 0 Å². The van der Waals surface area contributed by atoms with E-state index in [1.54, 1.807) is 36.0 Å². The number of pyridine rings is 2. The summed E-state index contributed by atoms with van der Waals surface area (Å²) in [6.07, 6.45) is 6.16. The van der Waals surface area contributed by atoms with Gasteiger partial charge in [-0.15, -0.1) is 11.3 Å². The third-order valence-electron chi connectivity index (χ3n) is 3.00. The van der Waals surface area contributed by atoms with Crippen LogP contribution in [0.2, 0.25) is 0 Å². The van der Waals surface area contributed by atoms with Gasteiger partial charge in [-0.05, 0) is 30.7 Å². The fraction of sp³-hybridized carbons (Fsp3) is 0.125. The van der Waals surface area contributed by atoms with Crippen LogP contribution in [0.3, 0.4) is 0 Å². The van der Waals surface area contributed by atoms with Crippen molar-refractivity contribution in [1.29, 1.82) is 0 Å². The van der Waals surface area contributed by atoms with Crippen LogP contribution in [0.1, 0.15) is 12.1 Å². The Hall–Kier alpha value is -2.60. The zero-order chi connectivity index (χ0) is 15.2. The Kier molecular flexibility index (Phi) is 4.50. The van der Waals surface area contributed by atoms with Crippen LogP contribution in [0.15, 0.2) is 54.3 Å². The number of aromatic nitrogens is 3. The third-order valence-corrected chi connectivity index (χ3v) is 3.94. The topological polar surface area (TPSA) is 67.8 Å². The van der Waals surface area contributed by atoms with Crippen LogP contribution in [0, 0.1) is 0 Å². The third kappa shape index (κ3) is 3.73. The minimum Gasteiger partial charge on any atom is -0.311 e. The second-order valence-corrected chi connectivity index (χ2v) is 5.51. The maximum Gasteiger partial charge on any atom is 0.225 e. The van der Waals surface area contributed by atoms with E-state index >= 15 is 0 Å². The maximum absolute atomic E-state index is 11.9. The first-order chi connectivity index (χ1) is 10.8. The Morgan fingerprint density at radius 3 is 2.91 bits per heavy atom. The molecule has 5 nitrogen and oxygen atoms in total. The molecule has 0 unspecified atom stereocenters. The second kappa shape index (κ2) is 6.91. The number of amides is 1. The summed E-state index contributed by atoms with van der Waals surface area (Å²) in [7, 11) is 0. The van der Waals surface area contributed by atoms with Gasteiger partial charge >= 0.3 is 0 Å². The average Bonchev–Trinajstić information content (AvgIpc) is 3.04. The van der Waals surface area contributed by atoms with Crippen molar-refractivity contribution in [2.45, 2.75) is 12.8 Å². The maximum atomic E-state index is 11.9. The number of hydrogen-bond acceptors (Lipinski definition) is 5. The predicted molar refractivity (Wildman–Crippen MR) is 86.5 cm³/mol. The Balaban J connectivity index is 1.56. The van der Waals surface area contributed by atoms with Crippen LogP contribution in [-0.2, 0) is 11.2 Å². The van der Waals surface area contributed by atoms with E-state index in [-0.39, 0.29) is 5.91 Å². The Morgan fingerprint density at radius 2 is 2.14 bits per heavy atom. The molecule has 1 N–H and O–H groups in total. The molecule has 3 aromatic rings. The number of thiazole rings is 1. The molecule has 1 amide bonds. The van der Waals surface area contributed by atoms with Crippen molar-refractivity contribution in [3.05, 3.63) is 60.0 Å². The van der Waals surface area contributed by atoms with Crippen LogP contribution in [0.25, 0.3) is 10.6 Å². The summed E-state index contributed by atoms with van der Waals surface area (Å²) in [5.41, 5.74) is 1.91. The van der Waals surface area contributed by atoms with Crippen molar-refractivity contribution in [2.75, 3.05) is 5.32 Å². The molecular formula is C16H14N4OS. The van der Waals surface area contributed by atoms with E-state index in [2.05, 4.69) is 20.3 Å². The Labute approximate surface area is 132 Å². The molecule has 0 aromatic carbocycles. The van der Waals surface area contributed by atoms with Crippen LogP contribution in [0.5, 0.6) is 0 Å². The number of rotatable bonds is 5. The molecule has 3 aromatic heterocycles. The molecule has 22 heavy (non-hydrogen) atoms. The largest absolute Gasteiger partial charge is 0.311 e. The highest BCUT2D eigenvalue weighted by Gasteiger charge is 2.08. The van der Waals surface area contributed by atoms with E-state index in [1.807, 2.05) is 29.6 Å². The van der Waals surface area contributed by atoms with Gasteiger partial charge in [0.25, 0.3) is 0 Å². The van der Waals surface area contributed by atoms with Gasteiger partial charge in [0.2, 0.25) is 5.91 Å². The molecule has 3 rings (SSSR count). The first-order valence-electron chi connectivity index (χ1n) is 6.87. The van der Waals surface area contributed by atoms with E-state index in [4.69, 9.17) is 0 Å². The second-order valence-electron chi connectivity index (χ2n) is 4.65. The Bertz CT molecular complexity index is 743. The molecule has 0 spiro atoms. The van der Waals surface area contributed by atoms with Gasteiger partial charge in [0, 0.05) is 36.0 Å². The summed E-state index contributed by atoms with van der Waals surface area (Å²) < 4.78 is 0. The lowest BCUT2D eigenvalue weighted by atomic mass is 10.2. The molecule has 0 radical (unpaired) electrons. The first-order valence-corrected chi connectivity index (χ1v) is 7.75. The average molecular weight is 310 g/mol.